The summed E-state index contributed by atoms with van der Waals surface area (Å²) in [5, 5.41) is 11.4. The molecule has 0 aromatic heterocycles. The maximum Gasteiger partial charge on any atom is 0.289 e. The van der Waals surface area contributed by atoms with Crippen LogP contribution in [-0.2, 0) is 41.7 Å². The van der Waals surface area contributed by atoms with E-state index in [1.807, 2.05) is 66.7 Å². The number of carbonyl (C=O) groups excluding carboxylic acids is 5. The van der Waals surface area contributed by atoms with Gasteiger partial charge in [-0.1, -0.05) is 78.3 Å². The number of allylic oxidation sites excluding steroid dienone is 2. The second-order valence-electron chi connectivity index (χ2n) is 11.3. The van der Waals surface area contributed by atoms with Crippen LogP contribution >= 0.6 is 11.6 Å². The lowest BCUT2D eigenvalue weighted by Gasteiger charge is -2.29. The molecule has 1 fully saturated rings. The Kier molecular flexibility index (Phi) is 10.6. The lowest BCUT2D eigenvalue weighted by molar-refractivity contribution is -0.141. The van der Waals surface area contributed by atoms with E-state index >= 15 is 0 Å². The van der Waals surface area contributed by atoms with Gasteiger partial charge in [-0.25, -0.2) is 0 Å². The van der Waals surface area contributed by atoms with Crippen LogP contribution in [0.4, 0.5) is 0 Å². The van der Waals surface area contributed by atoms with Crippen molar-refractivity contribution in [2.24, 2.45) is 11.8 Å². The van der Waals surface area contributed by atoms with E-state index < -0.39 is 47.4 Å². The number of carbonyl (C=O) groups is 5. The highest BCUT2D eigenvalue weighted by Gasteiger charge is 2.36. The van der Waals surface area contributed by atoms with E-state index in [9.17, 15) is 24.0 Å². The van der Waals surface area contributed by atoms with Crippen LogP contribution in [0.15, 0.2) is 95.6 Å². The molecule has 2 aliphatic heterocycles. The number of rotatable bonds is 12. The Morgan fingerprint density at radius 2 is 1.67 bits per heavy atom. The molecule has 11 heteroatoms. The molecular weight excluding hydrogens is 596 g/mol. The molecule has 4 N–H and O–H groups in total. The quantitative estimate of drug-likeness (QED) is 0.265. The van der Waals surface area contributed by atoms with Crippen molar-refractivity contribution in [3.05, 3.63) is 107 Å². The lowest BCUT2D eigenvalue weighted by atomic mass is 9.94. The number of amides is 4. The summed E-state index contributed by atoms with van der Waals surface area (Å²) in [6.07, 6.45) is 7.31. The van der Waals surface area contributed by atoms with E-state index in [1.165, 1.54) is 0 Å². The van der Waals surface area contributed by atoms with Crippen molar-refractivity contribution in [2.75, 3.05) is 13.2 Å². The van der Waals surface area contributed by atoms with Crippen molar-refractivity contribution in [2.45, 2.75) is 44.0 Å². The zero-order valence-electron chi connectivity index (χ0n) is 24.5. The number of ether oxygens (including phenoxy) is 1. The molecule has 5 rings (SSSR count). The summed E-state index contributed by atoms with van der Waals surface area (Å²) in [6.45, 7) is 0.676. The van der Waals surface area contributed by atoms with Crippen molar-refractivity contribution < 1.29 is 28.7 Å². The number of ketones is 1. The molecule has 10 nitrogen and oxygen atoms in total. The highest BCUT2D eigenvalue weighted by Crippen LogP contribution is 2.27. The summed E-state index contributed by atoms with van der Waals surface area (Å²) in [5.41, 5.74) is 2.33. The normalized spacial score (nSPS) is 21.7. The summed E-state index contributed by atoms with van der Waals surface area (Å²) in [6, 6.07) is 15.9. The van der Waals surface area contributed by atoms with E-state index in [1.54, 1.807) is 18.2 Å². The molecule has 2 unspecified atom stereocenters. The fourth-order valence-electron chi connectivity index (χ4n) is 5.53. The minimum Gasteiger partial charge on any atom is -0.368 e. The van der Waals surface area contributed by atoms with Gasteiger partial charge in [0.1, 0.15) is 12.1 Å². The molecule has 1 aliphatic carbocycles. The van der Waals surface area contributed by atoms with Gasteiger partial charge < -0.3 is 26.0 Å². The first-order chi connectivity index (χ1) is 21.8. The third kappa shape index (κ3) is 8.55. The Morgan fingerprint density at radius 1 is 0.956 bits per heavy atom. The molecule has 234 valence electrons. The summed E-state index contributed by atoms with van der Waals surface area (Å²) in [5.74, 6) is -4.30. The van der Waals surface area contributed by atoms with Crippen LogP contribution in [0, 0.1) is 11.8 Å². The SMILES string of the molecule is O=C(NCc1ccccc1)C(=O)[C@H](C[C@@H]1CCNC1=O)NC(=O)[C@H](Cc1ccccc1)NC(=O)C1C=C2C=C(Cl)C=CC2OC1. The average Bonchev–Trinajstić information content (AvgIpc) is 3.46. The van der Waals surface area contributed by atoms with Gasteiger partial charge >= 0.3 is 0 Å². The maximum absolute atomic E-state index is 13.8. The van der Waals surface area contributed by atoms with Gasteiger partial charge in [-0.05, 0) is 47.8 Å². The number of nitrogens with one attached hydrogen (secondary N) is 4. The average molecular weight is 631 g/mol. The fraction of sp³-hybridized carbons (Fsp3) is 0.324. The summed E-state index contributed by atoms with van der Waals surface area (Å²) in [4.78, 5) is 66.0. The zero-order chi connectivity index (χ0) is 31.8. The predicted octanol–water partition coefficient (Wildman–Crippen LogP) is 2.24. The molecule has 0 saturated carbocycles. The van der Waals surface area contributed by atoms with Crippen LogP contribution in [0.2, 0.25) is 0 Å². The van der Waals surface area contributed by atoms with Crippen LogP contribution < -0.4 is 21.3 Å². The molecule has 0 spiro atoms. The first-order valence-electron chi connectivity index (χ1n) is 14.9. The first kappa shape index (κ1) is 31.9. The summed E-state index contributed by atoms with van der Waals surface area (Å²) in [7, 11) is 0. The van der Waals surface area contributed by atoms with Crippen LogP contribution in [0.1, 0.15) is 24.0 Å². The van der Waals surface area contributed by atoms with E-state index in [2.05, 4.69) is 21.3 Å². The number of benzene rings is 2. The van der Waals surface area contributed by atoms with Crippen molar-refractivity contribution in [1.82, 2.24) is 21.3 Å². The van der Waals surface area contributed by atoms with Crippen molar-refractivity contribution in [3.8, 4) is 0 Å². The molecule has 2 aromatic carbocycles. The smallest absolute Gasteiger partial charge is 0.289 e. The van der Waals surface area contributed by atoms with Crippen LogP contribution in [0.5, 0.6) is 0 Å². The molecule has 1 saturated heterocycles. The molecule has 3 aliphatic rings. The summed E-state index contributed by atoms with van der Waals surface area (Å²) < 4.78 is 5.84. The third-order valence-corrected chi connectivity index (χ3v) is 8.24. The molecule has 4 amide bonds. The molecule has 2 aromatic rings. The standard InChI is InChI=1S/C34H35ClN4O6/c35-26-11-12-29-24(17-26)16-25(20-45-29)32(42)39-28(15-21-7-3-1-4-8-21)33(43)38-27(18-23-13-14-36-31(23)41)30(40)34(44)37-19-22-9-5-2-6-10-22/h1-12,16-17,23,25,27-29H,13-15,18-20H2,(H,36,41)(H,37,44)(H,38,43)(H,39,42)/t23-,25?,27-,28-,29?/m0/s1. The second-order valence-corrected chi connectivity index (χ2v) is 11.7. The highest BCUT2D eigenvalue weighted by molar-refractivity contribution is 6.38. The van der Waals surface area contributed by atoms with E-state index in [0.717, 1.165) is 16.7 Å². The Hall–Kier alpha value is -4.54. The van der Waals surface area contributed by atoms with Crippen LogP contribution in [-0.4, -0.2) is 60.8 Å². The van der Waals surface area contributed by atoms with Crippen molar-refractivity contribution in [1.29, 1.82) is 0 Å². The van der Waals surface area contributed by atoms with Gasteiger partial charge in [-0.15, -0.1) is 0 Å². The van der Waals surface area contributed by atoms with E-state index in [4.69, 9.17) is 16.3 Å². The van der Waals surface area contributed by atoms with Gasteiger partial charge in [-0.2, -0.15) is 0 Å². The van der Waals surface area contributed by atoms with Crippen molar-refractivity contribution >= 4 is 41.0 Å². The van der Waals surface area contributed by atoms with Gasteiger partial charge in [0.25, 0.3) is 5.91 Å². The number of halogens is 1. The number of Topliss-reactive ketones (excluding diaryl/α,β-unsaturated/α-hetero) is 1. The molecular formula is C34H35ClN4O6. The van der Waals surface area contributed by atoms with Gasteiger partial charge in [0.2, 0.25) is 23.5 Å². The molecule has 0 radical (unpaired) electrons. The largest absolute Gasteiger partial charge is 0.368 e. The van der Waals surface area contributed by atoms with Gasteiger partial charge in [0.15, 0.2) is 0 Å². The number of hydrogen-bond acceptors (Lipinski definition) is 6. The predicted molar refractivity (Wildman–Crippen MR) is 167 cm³/mol. The molecule has 0 bridgehead atoms. The Morgan fingerprint density at radius 3 is 2.36 bits per heavy atom. The van der Waals surface area contributed by atoms with Crippen LogP contribution in [0.25, 0.3) is 0 Å². The van der Waals surface area contributed by atoms with E-state index in [-0.39, 0.29) is 38.0 Å². The zero-order valence-corrected chi connectivity index (χ0v) is 25.3. The molecule has 5 atom stereocenters. The minimum absolute atomic E-state index is 0.0499. The van der Waals surface area contributed by atoms with Gasteiger partial charge in [0, 0.05) is 30.5 Å². The van der Waals surface area contributed by atoms with E-state index in [0.29, 0.717) is 18.0 Å². The first-order valence-corrected chi connectivity index (χ1v) is 15.3. The second kappa shape index (κ2) is 15.0. The maximum atomic E-state index is 13.8. The topological polar surface area (TPSA) is 143 Å². The highest BCUT2D eigenvalue weighted by atomic mass is 35.5. The third-order valence-electron chi connectivity index (χ3n) is 8.00. The minimum atomic E-state index is -1.28. The monoisotopic (exact) mass is 630 g/mol. The Labute approximate surface area is 266 Å². The van der Waals surface area contributed by atoms with Crippen molar-refractivity contribution in [3.63, 3.8) is 0 Å². The molecule has 2 heterocycles. The Balaban J connectivity index is 1.32. The van der Waals surface area contributed by atoms with Gasteiger partial charge in [0.05, 0.1) is 18.6 Å². The fourth-order valence-corrected chi connectivity index (χ4v) is 5.73. The number of hydrogen-bond donors (Lipinski definition) is 4. The summed E-state index contributed by atoms with van der Waals surface area (Å²) >= 11 is 6.14. The van der Waals surface area contributed by atoms with Gasteiger partial charge in [-0.3, -0.25) is 24.0 Å². The molecule has 45 heavy (non-hydrogen) atoms. The number of fused-ring (bicyclic) bond motifs is 1. The lowest BCUT2D eigenvalue weighted by Crippen LogP contribution is -2.56. The Bertz CT molecular complexity index is 1520. The van der Waals surface area contributed by atoms with Crippen LogP contribution in [0.3, 0.4) is 0 Å².